The topological polar surface area (TPSA) is 60.0 Å². The molecule has 2 aliphatic rings. The van der Waals surface area contributed by atoms with E-state index < -0.39 is 0 Å². The van der Waals surface area contributed by atoms with Gasteiger partial charge < -0.3 is 19.5 Å². The van der Waals surface area contributed by atoms with Gasteiger partial charge in [0.25, 0.3) is 0 Å². The van der Waals surface area contributed by atoms with Gasteiger partial charge in [0.15, 0.2) is 11.5 Å². The van der Waals surface area contributed by atoms with Crippen molar-refractivity contribution < 1.29 is 19.0 Å². The summed E-state index contributed by atoms with van der Waals surface area (Å²) in [6.07, 6.45) is 1.23. The third-order valence-electron chi connectivity index (χ3n) is 4.45. The standard InChI is InChI=1S/C19H28N2O4/c1-14(2)11-21-7-8-23-16(12-21)10-20-19(22)6-4-15-3-5-17-18(9-15)25-13-24-17/h3,5,9,14,16H,4,6-8,10-13H2,1-2H3,(H,20,22)/t16-/m1/s1. The Hall–Kier alpha value is -1.79. The normalized spacial score (nSPS) is 20.0. The molecule has 1 aromatic carbocycles. The van der Waals surface area contributed by atoms with Gasteiger partial charge in [0.2, 0.25) is 12.7 Å². The largest absolute Gasteiger partial charge is 0.454 e. The molecule has 0 saturated carbocycles. The van der Waals surface area contributed by atoms with E-state index in [1.807, 2.05) is 18.2 Å². The predicted molar refractivity (Wildman–Crippen MR) is 94.9 cm³/mol. The summed E-state index contributed by atoms with van der Waals surface area (Å²) in [4.78, 5) is 14.5. The third kappa shape index (κ3) is 5.34. The van der Waals surface area contributed by atoms with E-state index in [9.17, 15) is 4.79 Å². The zero-order valence-corrected chi connectivity index (χ0v) is 15.1. The van der Waals surface area contributed by atoms with Gasteiger partial charge in [-0.15, -0.1) is 0 Å². The molecule has 1 saturated heterocycles. The number of amides is 1. The lowest BCUT2D eigenvalue weighted by Crippen LogP contribution is -2.48. The summed E-state index contributed by atoms with van der Waals surface area (Å²) >= 11 is 0. The number of ether oxygens (including phenoxy) is 3. The quantitative estimate of drug-likeness (QED) is 0.814. The molecular formula is C19H28N2O4. The minimum Gasteiger partial charge on any atom is -0.454 e. The number of morpholine rings is 1. The highest BCUT2D eigenvalue weighted by molar-refractivity contribution is 5.76. The van der Waals surface area contributed by atoms with Crippen LogP contribution >= 0.6 is 0 Å². The van der Waals surface area contributed by atoms with Crippen molar-refractivity contribution in [1.82, 2.24) is 10.2 Å². The average molecular weight is 348 g/mol. The van der Waals surface area contributed by atoms with Crippen molar-refractivity contribution in [2.45, 2.75) is 32.8 Å². The second-order valence-electron chi connectivity index (χ2n) is 7.14. The Morgan fingerprint density at radius 3 is 3.00 bits per heavy atom. The Bertz CT molecular complexity index is 591. The fourth-order valence-corrected chi connectivity index (χ4v) is 3.26. The maximum absolute atomic E-state index is 12.1. The molecule has 0 aliphatic carbocycles. The summed E-state index contributed by atoms with van der Waals surface area (Å²) in [6, 6.07) is 5.83. The highest BCUT2D eigenvalue weighted by atomic mass is 16.7. The van der Waals surface area contributed by atoms with Gasteiger partial charge in [0.1, 0.15) is 0 Å². The molecule has 2 heterocycles. The van der Waals surface area contributed by atoms with Crippen LogP contribution in [-0.4, -0.2) is 56.5 Å². The van der Waals surface area contributed by atoms with Crippen LogP contribution in [-0.2, 0) is 16.0 Å². The summed E-state index contributed by atoms with van der Waals surface area (Å²) in [5.74, 6) is 2.24. The van der Waals surface area contributed by atoms with Crippen LogP contribution in [0, 0.1) is 5.92 Å². The smallest absolute Gasteiger partial charge is 0.231 e. The van der Waals surface area contributed by atoms with Crippen LogP contribution in [0.5, 0.6) is 11.5 Å². The van der Waals surface area contributed by atoms with Crippen molar-refractivity contribution in [2.75, 3.05) is 39.6 Å². The molecule has 25 heavy (non-hydrogen) atoms. The average Bonchev–Trinajstić information content (AvgIpc) is 3.05. The van der Waals surface area contributed by atoms with Crippen molar-refractivity contribution in [1.29, 1.82) is 0 Å². The molecule has 0 radical (unpaired) electrons. The number of carbonyl (C=O) groups excluding carboxylic acids is 1. The minimum absolute atomic E-state index is 0.0576. The van der Waals surface area contributed by atoms with Gasteiger partial charge in [-0.25, -0.2) is 0 Å². The molecule has 0 spiro atoms. The molecule has 6 nitrogen and oxygen atoms in total. The van der Waals surface area contributed by atoms with Crippen LogP contribution in [0.15, 0.2) is 18.2 Å². The molecule has 0 unspecified atom stereocenters. The first-order chi connectivity index (χ1) is 12.1. The molecule has 3 rings (SSSR count). The zero-order chi connectivity index (χ0) is 17.6. The number of rotatable bonds is 7. The Morgan fingerprint density at radius 2 is 2.16 bits per heavy atom. The molecule has 1 aromatic rings. The van der Waals surface area contributed by atoms with E-state index in [0.29, 0.717) is 25.3 Å². The monoisotopic (exact) mass is 348 g/mol. The van der Waals surface area contributed by atoms with Crippen LogP contribution in [0.1, 0.15) is 25.8 Å². The van der Waals surface area contributed by atoms with E-state index in [1.165, 1.54) is 0 Å². The molecule has 1 N–H and O–H groups in total. The second kappa shape index (κ2) is 8.54. The van der Waals surface area contributed by atoms with Crippen molar-refractivity contribution >= 4 is 5.91 Å². The Kier molecular flexibility index (Phi) is 6.15. The predicted octanol–water partition coefficient (Wildman–Crippen LogP) is 1.82. The fraction of sp³-hybridized carbons (Fsp3) is 0.632. The number of hydrogen-bond acceptors (Lipinski definition) is 5. The van der Waals surface area contributed by atoms with Gasteiger partial charge in [-0.3, -0.25) is 9.69 Å². The van der Waals surface area contributed by atoms with Crippen LogP contribution < -0.4 is 14.8 Å². The number of nitrogens with zero attached hydrogens (tertiary/aromatic N) is 1. The van der Waals surface area contributed by atoms with E-state index in [0.717, 1.165) is 43.3 Å². The highest BCUT2D eigenvalue weighted by Gasteiger charge is 2.21. The summed E-state index contributed by atoms with van der Waals surface area (Å²) in [5, 5.41) is 3.00. The fourth-order valence-electron chi connectivity index (χ4n) is 3.26. The maximum atomic E-state index is 12.1. The first-order valence-corrected chi connectivity index (χ1v) is 9.09. The molecule has 138 valence electrons. The molecular weight excluding hydrogens is 320 g/mol. The Morgan fingerprint density at radius 1 is 1.32 bits per heavy atom. The first-order valence-electron chi connectivity index (χ1n) is 9.09. The molecule has 2 aliphatic heterocycles. The van der Waals surface area contributed by atoms with Crippen molar-refractivity contribution in [3.63, 3.8) is 0 Å². The summed E-state index contributed by atoms with van der Waals surface area (Å²) in [7, 11) is 0. The first kappa shape index (κ1) is 18.0. The van der Waals surface area contributed by atoms with E-state index in [2.05, 4.69) is 24.1 Å². The molecule has 1 fully saturated rings. The SMILES string of the molecule is CC(C)CN1CCO[C@H](CNC(=O)CCc2ccc3c(c2)OCO3)C1. The van der Waals surface area contributed by atoms with Gasteiger partial charge in [0, 0.05) is 32.6 Å². The maximum Gasteiger partial charge on any atom is 0.231 e. The van der Waals surface area contributed by atoms with E-state index >= 15 is 0 Å². The van der Waals surface area contributed by atoms with E-state index in [4.69, 9.17) is 14.2 Å². The molecule has 0 bridgehead atoms. The van der Waals surface area contributed by atoms with Crippen molar-refractivity contribution in [3.05, 3.63) is 23.8 Å². The van der Waals surface area contributed by atoms with Gasteiger partial charge in [0.05, 0.1) is 12.7 Å². The number of hydrogen-bond donors (Lipinski definition) is 1. The second-order valence-corrected chi connectivity index (χ2v) is 7.14. The Balaban J connectivity index is 1.38. The lowest BCUT2D eigenvalue weighted by Gasteiger charge is -2.33. The Labute approximate surface area is 149 Å². The van der Waals surface area contributed by atoms with Gasteiger partial charge in [-0.05, 0) is 30.0 Å². The van der Waals surface area contributed by atoms with Gasteiger partial charge >= 0.3 is 0 Å². The van der Waals surface area contributed by atoms with Crippen LogP contribution in [0.4, 0.5) is 0 Å². The molecule has 0 aromatic heterocycles. The molecule has 1 amide bonds. The third-order valence-corrected chi connectivity index (χ3v) is 4.45. The number of aryl methyl sites for hydroxylation is 1. The summed E-state index contributed by atoms with van der Waals surface area (Å²) in [6.45, 7) is 8.99. The number of carbonyl (C=O) groups is 1. The van der Waals surface area contributed by atoms with Crippen molar-refractivity contribution in [3.8, 4) is 11.5 Å². The lowest BCUT2D eigenvalue weighted by molar-refractivity contribution is -0.122. The summed E-state index contributed by atoms with van der Waals surface area (Å²) in [5.41, 5.74) is 1.08. The molecule has 1 atom stereocenters. The number of benzene rings is 1. The van der Waals surface area contributed by atoms with Gasteiger partial charge in [-0.2, -0.15) is 0 Å². The van der Waals surface area contributed by atoms with Crippen LogP contribution in [0.2, 0.25) is 0 Å². The lowest BCUT2D eigenvalue weighted by atomic mass is 10.1. The minimum atomic E-state index is 0.0576. The number of nitrogens with one attached hydrogen (secondary N) is 1. The van der Waals surface area contributed by atoms with Crippen molar-refractivity contribution in [2.24, 2.45) is 5.92 Å². The van der Waals surface area contributed by atoms with Gasteiger partial charge in [-0.1, -0.05) is 19.9 Å². The van der Waals surface area contributed by atoms with Crippen LogP contribution in [0.3, 0.4) is 0 Å². The van der Waals surface area contributed by atoms with E-state index in [1.54, 1.807) is 0 Å². The van der Waals surface area contributed by atoms with E-state index in [-0.39, 0.29) is 18.8 Å². The molecule has 6 heteroatoms. The number of fused-ring (bicyclic) bond motifs is 1. The zero-order valence-electron chi connectivity index (χ0n) is 15.1. The summed E-state index contributed by atoms with van der Waals surface area (Å²) < 4.78 is 16.4. The highest BCUT2D eigenvalue weighted by Crippen LogP contribution is 2.32. The van der Waals surface area contributed by atoms with Crippen LogP contribution in [0.25, 0.3) is 0 Å².